The van der Waals surface area contributed by atoms with Crippen molar-refractivity contribution in [2.75, 3.05) is 0 Å². The maximum atomic E-state index is 14.7. The van der Waals surface area contributed by atoms with Gasteiger partial charge in [0, 0.05) is 24.0 Å². The number of ketones is 2. The number of carboxylic acids is 2. The first-order chi connectivity index (χ1) is 17.7. The summed E-state index contributed by atoms with van der Waals surface area (Å²) < 4.78 is 44.2. The highest BCUT2D eigenvalue weighted by Crippen LogP contribution is 2.47. The van der Waals surface area contributed by atoms with Crippen LogP contribution in [0.3, 0.4) is 0 Å². The van der Waals surface area contributed by atoms with Crippen LogP contribution in [0.4, 0.5) is 13.2 Å². The molecule has 9 heteroatoms. The van der Waals surface area contributed by atoms with Crippen LogP contribution in [-0.2, 0) is 5.41 Å². The Morgan fingerprint density at radius 3 is 1.63 bits per heavy atom. The number of benzene rings is 2. The molecule has 1 aliphatic rings. The molecule has 0 heterocycles. The Labute approximate surface area is 218 Å². The van der Waals surface area contributed by atoms with E-state index in [2.05, 4.69) is 6.92 Å². The first-order valence-corrected chi connectivity index (χ1v) is 12.6. The van der Waals surface area contributed by atoms with Gasteiger partial charge < -0.3 is 10.2 Å². The second-order valence-electron chi connectivity index (χ2n) is 10.3. The summed E-state index contributed by atoms with van der Waals surface area (Å²) in [5, 5.41) is 19.1. The minimum Gasteiger partial charge on any atom is -0.478 e. The number of Topliss-reactive ketones (excluding diaryl/α,β-unsaturated/α-hetero) is 2. The maximum Gasteiger partial charge on any atom is 0.402 e. The molecule has 1 fully saturated rings. The molecule has 0 aromatic heterocycles. The topological polar surface area (TPSA) is 109 Å². The summed E-state index contributed by atoms with van der Waals surface area (Å²) in [5.41, 5.74) is -4.98. The molecule has 1 atom stereocenters. The average Bonchev–Trinajstić information content (AvgIpc) is 2.87. The summed E-state index contributed by atoms with van der Waals surface area (Å²) in [6.45, 7) is 4.46. The van der Waals surface area contributed by atoms with E-state index < -0.39 is 46.2 Å². The zero-order valence-corrected chi connectivity index (χ0v) is 21.5. The quantitative estimate of drug-likeness (QED) is 0.339. The third-order valence-corrected chi connectivity index (χ3v) is 7.75. The van der Waals surface area contributed by atoms with Gasteiger partial charge in [0.05, 0.1) is 11.1 Å². The molecule has 1 aliphatic carbocycles. The van der Waals surface area contributed by atoms with E-state index in [-0.39, 0.29) is 41.0 Å². The molecule has 3 rings (SSSR count). The van der Waals surface area contributed by atoms with E-state index >= 15 is 0 Å². The van der Waals surface area contributed by atoms with Gasteiger partial charge in [-0.05, 0) is 67.0 Å². The molecule has 0 saturated heterocycles. The van der Waals surface area contributed by atoms with Crippen LogP contribution >= 0.6 is 0 Å². The molecule has 38 heavy (non-hydrogen) atoms. The molecule has 1 saturated carbocycles. The van der Waals surface area contributed by atoms with Crippen LogP contribution in [0.15, 0.2) is 36.4 Å². The Morgan fingerprint density at radius 2 is 1.24 bits per heavy atom. The summed E-state index contributed by atoms with van der Waals surface area (Å²) in [5.74, 6) is -3.47. The fraction of sp³-hybridized carbons (Fsp3) is 0.448. The summed E-state index contributed by atoms with van der Waals surface area (Å²) in [4.78, 5) is 49.1. The summed E-state index contributed by atoms with van der Waals surface area (Å²) >= 11 is 0. The Bertz CT molecular complexity index is 1260. The molecule has 2 aromatic rings. The van der Waals surface area contributed by atoms with E-state index in [1.54, 1.807) is 0 Å². The third kappa shape index (κ3) is 5.66. The second-order valence-corrected chi connectivity index (χ2v) is 10.3. The van der Waals surface area contributed by atoms with Crippen LogP contribution in [0, 0.1) is 11.8 Å². The monoisotopic (exact) mass is 532 g/mol. The molecule has 0 spiro atoms. The average molecular weight is 533 g/mol. The standard InChI is InChI=1S/C29H31F3O6/c1-4-24(33)22-14-18(9-11-20(22)26(35)36)28(3,29(30,31)32)19-10-12-21(27(37)38)23(15-19)25(34)13-17-7-5-16(2)6-8-17/h9-12,14-17H,4-8,13H2,1-3H3,(H,35,36)(H,37,38). The minimum atomic E-state index is -4.94. The zero-order valence-electron chi connectivity index (χ0n) is 21.5. The highest BCUT2D eigenvalue weighted by atomic mass is 19.4. The number of alkyl halides is 3. The molecule has 1 unspecified atom stereocenters. The lowest BCUT2D eigenvalue weighted by atomic mass is 9.73. The number of rotatable bonds is 9. The van der Waals surface area contributed by atoms with Crippen molar-refractivity contribution in [3.8, 4) is 0 Å². The lowest BCUT2D eigenvalue weighted by Crippen LogP contribution is -2.41. The molecule has 2 aromatic carbocycles. The van der Waals surface area contributed by atoms with Gasteiger partial charge in [-0.3, -0.25) is 9.59 Å². The van der Waals surface area contributed by atoms with Gasteiger partial charge in [-0.2, -0.15) is 13.2 Å². The van der Waals surface area contributed by atoms with E-state index in [9.17, 15) is 42.6 Å². The van der Waals surface area contributed by atoms with Gasteiger partial charge >= 0.3 is 18.1 Å². The Kier molecular flexibility index (Phi) is 8.48. The fourth-order valence-electron chi connectivity index (χ4n) is 5.13. The van der Waals surface area contributed by atoms with Crippen molar-refractivity contribution < 1.29 is 42.6 Å². The van der Waals surface area contributed by atoms with Crippen molar-refractivity contribution in [1.29, 1.82) is 0 Å². The first kappa shape index (κ1) is 29.1. The number of halogens is 3. The summed E-state index contributed by atoms with van der Waals surface area (Å²) in [7, 11) is 0. The fourth-order valence-corrected chi connectivity index (χ4v) is 5.13. The lowest BCUT2D eigenvalue weighted by molar-refractivity contribution is -0.173. The Balaban J connectivity index is 2.16. The van der Waals surface area contributed by atoms with Crippen molar-refractivity contribution >= 4 is 23.5 Å². The predicted octanol–water partition coefficient (Wildman–Crippen LogP) is 6.94. The highest BCUT2D eigenvalue weighted by molar-refractivity contribution is 6.07. The number of hydrogen-bond acceptors (Lipinski definition) is 4. The number of carbonyl (C=O) groups is 4. The van der Waals surface area contributed by atoms with Gasteiger partial charge in [0.15, 0.2) is 11.6 Å². The number of aromatic carboxylic acids is 2. The van der Waals surface area contributed by atoms with Gasteiger partial charge in [-0.15, -0.1) is 0 Å². The van der Waals surface area contributed by atoms with Crippen molar-refractivity contribution in [2.45, 2.75) is 70.9 Å². The summed E-state index contributed by atoms with van der Waals surface area (Å²) in [6, 6.07) is 5.89. The van der Waals surface area contributed by atoms with Gasteiger partial charge in [-0.1, -0.05) is 38.8 Å². The van der Waals surface area contributed by atoms with Crippen LogP contribution in [0.2, 0.25) is 0 Å². The molecular weight excluding hydrogens is 501 g/mol. The molecule has 2 N–H and O–H groups in total. The maximum absolute atomic E-state index is 14.7. The zero-order chi connectivity index (χ0) is 28.4. The SMILES string of the molecule is CCC(=O)c1cc(C(C)(c2ccc(C(=O)O)c(C(=O)CC3CCC(C)CC3)c2)C(F)(F)F)ccc1C(=O)O. The Hall–Kier alpha value is -3.49. The highest BCUT2D eigenvalue weighted by Gasteiger charge is 2.54. The molecule has 0 amide bonds. The third-order valence-electron chi connectivity index (χ3n) is 7.75. The van der Waals surface area contributed by atoms with Gasteiger partial charge in [-0.25, -0.2) is 9.59 Å². The molecule has 0 radical (unpaired) electrons. The number of hydrogen-bond donors (Lipinski definition) is 2. The smallest absolute Gasteiger partial charge is 0.402 e. The van der Waals surface area contributed by atoms with Crippen molar-refractivity contribution in [3.05, 3.63) is 69.8 Å². The van der Waals surface area contributed by atoms with Crippen LogP contribution < -0.4 is 0 Å². The van der Waals surface area contributed by atoms with Gasteiger partial charge in [0.25, 0.3) is 0 Å². The van der Waals surface area contributed by atoms with Crippen LogP contribution in [0.25, 0.3) is 0 Å². The normalized spacial score (nSPS) is 19.4. The van der Waals surface area contributed by atoms with E-state index in [1.165, 1.54) is 6.92 Å². The lowest BCUT2D eigenvalue weighted by Gasteiger charge is -2.34. The molecule has 0 bridgehead atoms. The first-order valence-electron chi connectivity index (χ1n) is 12.6. The molecule has 204 valence electrons. The van der Waals surface area contributed by atoms with Crippen LogP contribution in [0.5, 0.6) is 0 Å². The predicted molar refractivity (Wildman–Crippen MR) is 134 cm³/mol. The van der Waals surface area contributed by atoms with E-state index in [0.29, 0.717) is 5.92 Å². The van der Waals surface area contributed by atoms with Crippen molar-refractivity contribution in [3.63, 3.8) is 0 Å². The van der Waals surface area contributed by atoms with Gasteiger partial charge in [0.1, 0.15) is 5.41 Å². The second kappa shape index (κ2) is 11.1. The molecule has 6 nitrogen and oxygen atoms in total. The summed E-state index contributed by atoms with van der Waals surface area (Å²) in [6.07, 6.45) is -1.56. The van der Waals surface area contributed by atoms with Gasteiger partial charge in [0.2, 0.25) is 0 Å². The minimum absolute atomic E-state index is 0.0316. The van der Waals surface area contributed by atoms with Crippen molar-refractivity contribution in [2.24, 2.45) is 11.8 Å². The molecular formula is C29H31F3O6. The van der Waals surface area contributed by atoms with Crippen LogP contribution in [0.1, 0.15) is 112 Å². The number of carbonyl (C=O) groups excluding carboxylic acids is 2. The van der Waals surface area contributed by atoms with Crippen LogP contribution in [-0.4, -0.2) is 39.9 Å². The van der Waals surface area contributed by atoms with Crippen molar-refractivity contribution in [1.82, 2.24) is 0 Å². The molecule has 0 aliphatic heterocycles. The van der Waals surface area contributed by atoms with E-state index in [4.69, 9.17) is 0 Å². The number of carboxylic acid groups (broad SMARTS) is 2. The van der Waals surface area contributed by atoms with E-state index in [0.717, 1.165) is 69.0 Å². The largest absolute Gasteiger partial charge is 0.478 e. The van der Waals surface area contributed by atoms with E-state index in [1.807, 2.05) is 0 Å². The Morgan fingerprint density at radius 1 is 0.789 bits per heavy atom.